The molecule has 0 aliphatic rings. The lowest BCUT2D eigenvalue weighted by atomic mass is 10.2. The van der Waals surface area contributed by atoms with Crippen molar-refractivity contribution in [3.05, 3.63) is 34.3 Å². The van der Waals surface area contributed by atoms with E-state index in [-0.39, 0.29) is 0 Å². The van der Waals surface area contributed by atoms with Gasteiger partial charge in [-0.1, -0.05) is 0 Å². The van der Waals surface area contributed by atoms with Gasteiger partial charge in [0.1, 0.15) is 0 Å². The van der Waals surface area contributed by atoms with Crippen LogP contribution in [0.1, 0.15) is 11.3 Å². The van der Waals surface area contributed by atoms with Crippen molar-refractivity contribution < 1.29 is 0 Å². The fourth-order valence-corrected chi connectivity index (χ4v) is 2.05. The van der Waals surface area contributed by atoms with Gasteiger partial charge in [-0.25, -0.2) is 9.97 Å². The average Bonchev–Trinajstić information content (AvgIpc) is 2.70. The van der Waals surface area contributed by atoms with Gasteiger partial charge in [-0.2, -0.15) is 11.3 Å². The molecule has 0 N–H and O–H groups in total. The van der Waals surface area contributed by atoms with Gasteiger partial charge < -0.3 is 0 Å². The molecule has 0 radical (unpaired) electrons. The van der Waals surface area contributed by atoms with Crippen molar-refractivity contribution in [2.24, 2.45) is 0 Å². The van der Waals surface area contributed by atoms with Crippen LogP contribution in [0.15, 0.2) is 23.0 Å². The number of rotatable bonds is 2. The largest absolute Gasteiger partial charge is 0.236 e. The maximum Gasteiger partial charge on any atom is 0.160 e. The normalized spacial score (nSPS) is 10.4. The Labute approximate surface area is 91.6 Å². The molecule has 2 heterocycles. The van der Waals surface area contributed by atoms with E-state index in [1.165, 1.54) is 0 Å². The first kappa shape index (κ1) is 9.62. The summed E-state index contributed by atoms with van der Waals surface area (Å²) in [5, 5.41) is 4.05. The molecule has 0 bridgehead atoms. The van der Waals surface area contributed by atoms with Crippen LogP contribution in [0.4, 0.5) is 0 Å². The molecule has 2 rings (SSSR count). The predicted molar refractivity (Wildman–Crippen MR) is 59.6 cm³/mol. The van der Waals surface area contributed by atoms with Crippen molar-refractivity contribution in [1.29, 1.82) is 0 Å². The van der Waals surface area contributed by atoms with Gasteiger partial charge in [0.25, 0.3) is 0 Å². The Morgan fingerprint density at radius 2 is 2.36 bits per heavy atom. The number of thiophene rings is 1. The van der Waals surface area contributed by atoms with Gasteiger partial charge in [-0.3, -0.25) is 0 Å². The molecule has 2 aromatic rings. The SMILES string of the molecule is Cc1nc(-c2ccsc2)ncc1CCl. The number of aryl methyl sites for hydroxylation is 1. The number of halogens is 1. The Hall–Kier alpha value is -0.930. The third-order valence-corrected chi connectivity index (χ3v) is 2.98. The van der Waals surface area contributed by atoms with Crippen molar-refractivity contribution in [3.63, 3.8) is 0 Å². The summed E-state index contributed by atoms with van der Waals surface area (Å²) in [7, 11) is 0. The topological polar surface area (TPSA) is 25.8 Å². The van der Waals surface area contributed by atoms with Gasteiger partial charge in [0.05, 0.1) is 5.88 Å². The molecule has 0 saturated carbocycles. The lowest BCUT2D eigenvalue weighted by Crippen LogP contribution is -1.95. The third kappa shape index (κ3) is 1.79. The van der Waals surface area contributed by atoms with Gasteiger partial charge in [-0.05, 0) is 18.4 Å². The van der Waals surface area contributed by atoms with Crippen LogP contribution in [0.25, 0.3) is 11.4 Å². The van der Waals surface area contributed by atoms with Crippen LogP contribution in [0.3, 0.4) is 0 Å². The third-order valence-electron chi connectivity index (χ3n) is 2.00. The molecule has 0 aliphatic heterocycles. The van der Waals surface area contributed by atoms with Crippen LogP contribution >= 0.6 is 22.9 Å². The Kier molecular flexibility index (Phi) is 2.79. The zero-order valence-corrected chi connectivity index (χ0v) is 9.27. The first-order chi connectivity index (χ1) is 6.81. The highest BCUT2D eigenvalue weighted by Gasteiger charge is 2.04. The summed E-state index contributed by atoms with van der Waals surface area (Å²) in [4.78, 5) is 8.66. The lowest BCUT2D eigenvalue weighted by Gasteiger charge is -2.02. The molecule has 0 atom stereocenters. The minimum Gasteiger partial charge on any atom is -0.236 e. The standard InChI is InChI=1S/C10H9ClN2S/c1-7-9(4-11)5-12-10(13-7)8-2-3-14-6-8/h2-3,5-6H,4H2,1H3. The van der Waals surface area contributed by atoms with Crippen molar-refractivity contribution in [2.75, 3.05) is 0 Å². The van der Waals surface area contributed by atoms with Gasteiger partial charge in [0.2, 0.25) is 0 Å². The maximum atomic E-state index is 5.73. The Morgan fingerprint density at radius 3 is 2.93 bits per heavy atom. The summed E-state index contributed by atoms with van der Waals surface area (Å²) in [6, 6.07) is 2.01. The fourth-order valence-electron chi connectivity index (χ4n) is 1.15. The molecule has 0 unspecified atom stereocenters. The summed E-state index contributed by atoms with van der Waals surface area (Å²) in [5.41, 5.74) is 3.01. The monoisotopic (exact) mass is 224 g/mol. The van der Waals surface area contributed by atoms with Gasteiger partial charge >= 0.3 is 0 Å². The first-order valence-electron chi connectivity index (χ1n) is 4.22. The Balaban J connectivity index is 2.43. The molecular formula is C10H9ClN2S. The molecule has 0 amide bonds. The number of nitrogens with zero attached hydrogens (tertiary/aromatic N) is 2. The second-order valence-electron chi connectivity index (χ2n) is 2.95. The Bertz CT molecular complexity index is 426. The average molecular weight is 225 g/mol. The minimum absolute atomic E-state index is 0.468. The number of hydrogen-bond acceptors (Lipinski definition) is 3. The van der Waals surface area contributed by atoms with E-state index in [2.05, 4.69) is 9.97 Å². The molecule has 0 aliphatic carbocycles. The summed E-state index contributed by atoms with van der Waals surface area (Å²) in [6.07, 6.45) is 1.79. The number of hydrogen-bond donors (Lipinski definition) is 0. The van der Waals surface area contributed by atoms with Crippen molar-refractivity contribution in [3.8, 4) is 11.4 Å². The molecule has 4 heteroatoms. The number of alkyl halides is 1. The van der Waals surface area contributed by atoms with E-state index < -0.39 is 0 Å². The first-order valence-corrected chi connectivity index (χ1v) is 5.70. The van der Waals surface area contributed by atoms with Gasteiger partial charge in [0.15, 0.2) is 5.82 Å². The van der Waals surface area contributed by atoms with E-state index >= 15 is 0 Å². The second kappa shape index (κ2) is 4.07. The van der Waals surface area contributed by atoms with Gasteiger partial charge in [-0.15, -0.1) is 11.6 Å². The minimum atomic E-state index is 0.468. The molecule has 0 aromatic carbocycles. The molecule has 0 fully saturated rings. The van der Waals surface area contributed by atoms with Gasteiger partial charge in [0, 0.05) is 28.4 Å². The molecular weight excluding hydrogens is 216 g/mol. The molecule has 0 spiro atoms. The predicted octanol–water partition coefficient (Wildman–Crippen LogP) is 3.25. The van der Waals surface area contributed by atoms with E-state index in [0.29, 0.717) is 5.88 Å². The zero-order chi connectivity index (χ0) is 9.97. The highest BCUT2D eigenvalue weighted by atomic mass is 35.5. The summed E-state index contributed by atoms with van der Waals surface area (Å²) < 4.78 is 0. The lowest BCUT2D eigenvalue weighted by molar-refractivity contribution is 1.06. The molecule has 2 aromatic heterocycles. The number of aromatic nitrogens is 2. The smallest absolute Gasteiger partial charge is 0.160 e. The van der Waals surface area contributed by atoms with Crippen molar-refractivity contribution in [2.45, 2.75) is 12.8 Å². The quantitative estimate of drug-likeness (QED) is 0.732. The van der Waals surface area contributed by atoms with Crippen LogP contribution in [0.5, 0.6) is 0 Å². The fraction of sp³-hybridized carbons (Fsp3) is 0.200. The highest BCUT2D eigenvalue weighted by molar-refractivity contribution is 7.08. The van der Waals surface area contributed by atoms with E-state index in [1.54, 1.807) is 17.5 Å². The van der Waals surface area contributed by atoms with Crippen LogP contribution in [-0.2, 0) is 5.88 Å². The summed E-state index contributed by atoms with van der Waals surface area (Å²) >= 11 is 7.38. The van der Waals surface area contributed by atoms with E-state index in [0.717, 1.165) is 22.6 Å². The van der Waals surface area contributed by atoms with Crippen LogP contribution in [0.2, 0.25) is 0 Å². The van der Waals surface area contributed by atoms with Crippen LogP contribution in [0, 0.1) is 6.92 Å². The van der Waals surface area contributed by atoms with Crippen molar-refractivity contribution >= 4 is 22.9 Å². The molecule has 2 nitrogen and oxygen atoms in total. The van der Waals surface area contributed by atoms with Crippen LogP contribution in [-0.4, -0.2) is 9.97 Å². The van der Waals surface area contributed by atoms with E-state index in [1.807, 2.05) is 23.8 Å². The Morgan fingerprint density at radius 1 is 1.50 bits per heavy atom. The van der Waals surface area contributed by atoms with Crippen LogP contribution < -0.4 is 0 Å². The summed E-state index contributed by atoms with van der Waals surface area (Å²) in [6.45, 7) is 1.95. The zero-order valence-electron chi connectivity index (χ0n) is 7.70. The summed E-state index contributed by atoms with van der Waals surface area (Å²) in [5.74, 6) is 1.24. The van der Waals surface area contributed by atoms with E-state index in [4.69, 9.17) is 11.6 Å². The molecule has 72 valence electrons. The maximum absolute atomic E-state index is 5.73. The highest BCUT2D eigenvalue weighted by Crippen LogP contribution is 2.19. The van der Waals surface area contributed by atoms with Crippen molar-refractivity contribution in [1.82, 2.24) is 9.97 Å². The van der Waals surface area contributed by atoms with E-state index in [9.17, 15) is 0 Å². The second-order valence-corrected chi connectivity index (χ2v) is 4.00. The molecule has 14 heavy (non-hydrogen) atoms. The molecule has 0 saturated heterocycles.